The Kier molecular flexibility index (Phi) is 7.50. The molecule has 0 aliphatic rings. The van der Waals surface area contributed by atoms with Gasteiger partial charge in [-0.2, -0.15) is 0 Å². The zero-order valence-electron chi connectivity index (χ0n) is 16.0. The molecule has 5 nitrogen and oxygen atoms in total. The van der Waals surface area contributed by atoms with E-state index in [1.807, 2.05) is 49.6 Å². The van der Waals surface area contributed by atoms with Gasteiger partial charge in [0.2, 0.25) is 5.91 Å². The molecule has 0 bridgehead atoms. The van der Waals surface area contributed by atoms with Crippen molar-refractivity contribution >= 4 is 45.6 Å². The summed E-state index contributed by atoms with van der Waals surface area (Å²) in [5.41, 5.74) is 2.55. The molecule has 0 saturated heterocycles. The number of carbonyl (C=O) groups is 1. The first-order valence-corrected chi connectivity index (χ1v) is 10.8. The summed E-state index contributed by atoms with van der Waals surface area (Å²) >= 11 is 13.5. The van der Waals surface area contributed by atoms with Gasteiger partial charge in [0, 0.05) is 22.0 Å². The van der Waals surface area contributed by atoms with E-state index in [4.69, 9.17) is 27.9 Å². The lowest BCUT2D eigenvalue weighted by atomic mass is 10.1. The van der Waals surface area contributed by atoms with Crippen LogP contribution in [-0.2, 0) is 4.79 Å². The second kappa shape index (κ2) is 10.1. The summed E-state index contributed by atoms with van der Waals surface area (Å²) in [6.45, 7) is 4.76. The number of hydrogen-bond acceptors (Lipinski definition) is 5. The molecular formula is C21H21Cl2N3O2S. The normalized spacial score (nSPS) is 11.9. The molecule has 2 N–H and O–H groups in total. The molecule has 3 rings (SSSR count). The molecule has 29 heavy (non-hydrogen) atoms. The van der Waals surface area contributed by atoms with Gasteiger partial charge in [0.25, 0.3) is 0 Å². The van der Waals surface area contributed by atoms with Crippen LogP contribution in [0, 0.1) is 0 Å². The van der Waals surface area contributed by atoms with Gasteiger partial charge in [-0.1, -0.05) is 35.3 Å². The van der Waals surface area contributed by atoms with Gasteiger partial charge in [0.1, 0.15) is 5.75 Å². The minimum Gasteiger partial charge on any atom is -0.494 e. The van der Waals surface area contributed by atoms with E-state index >= 15 is 0 Å². The maximum Gasteiger partial charge on any atom is 0.240 e. The Morgan fingerprint density at radius 1 is 1.21 bits per heavy atom. The molecule has 2 aromatic carbocycles. The molecule has 0 saturated carbocycles. The van der Waals surface area contributed by atoms with Crippen LogP contribution in [0.2, 0.25) is 10.0 Å². The van der Waals surface area contributed by atoms with Gasteiger partial charge in [-0.3, -0.25) is 4.79 Å². The van der Waals surface area contributed by atoms with E-state index in [9.17, 15) is 4.79 Å². The number of benzene rings is 2. The summed E-state index contributed by atoms with van der Waals surface area (Å²) in [7, 11) is 0. The molecule has 0 spiro atoms. The van der Waals surface area contributed by atoms with Crippen molar-refractivity contribution < 1.29 is 9.53 Å². The number of anilines is 1. The molecule has 152 valence electrons. The van der Waals surface area contributed by atoms with Gasteiger partial charge in [0.05, 0.1) is 23.9 Å². The maximum atomic E-state index is 12.3. The number of carbonyl (C=O) groups excluding carboxylic acids is 1. The fraction of sp³-hybridized carbons (Fsp3) is 0.238. The molecule has 1 aromatic heterocycles. The lowest BCUT2D eigenvalue weighted by molar-refractivity contribution is -0.115. The highest BCUT2D eigenvalue weighted by atomic mass is 35.5. The molecule has 0 fully saturated rings. The second-order valence-corrected chi connectivity index (χ2v) is 8.02. The maximum absolute atomic E-state index is 12.3. The van der Waals surface area contributed by atoms with Crippen LogP contribution in [0.5, 0.6) is 5.75 Å². The lowest BCUT2D eigenvalue weighted by Crippen LogP contribution is -2.30. The zero-order chi connectivity index (χ0) is 20.8. The summed E-state index contributed by atoms with van der Waals surface area (Å²) in [4.78, 5) is 16.7. The number of aromatic nitrogens is 1. The third kappa shape index (κ3) is 5.93. The van der Waals surface area contributed by atoms with E-state index in [1.165, 1.54) is 11.3 Å². The fourth-order valence-corrected chi connectivity index (χ4v) is 3.93. The third-order valence-electron chi connectivity index (χ3n) is 4.22. The molecule has 1 heterocycles. The molecule has 0 unspecified atom stereocenters. The average molecular weight is 450 g/mol. The van der Waals surface area contributed by atoms with Crippen LogP contribution in [0.25, 0.3) is 11.3 Å². The lowest BCUT2D eigenvalue weighted by Gasteiger charge is -2.14. The quantitative estimate of drug-likeness (QED) is 0.455. The Morgan fingerprint density at radius 2 is 1.97 bits per heavy atom. The van der Waals surface area contributed by atoms with E-state index in [2.05, 4.69) is 15.6 Å². The Hall–Kier alpha value is -2.12. The highest BCUT2D eigenvalue weighted by Crippen LogP contribution is 2.32. The number of rotatable bonds is 8. The molecule has 0 radical (unpaired) electrons. The number of hydrogen-bond donors (Lipinski definition) is 2. The smallest absolute Gasteiger partial charge is 0.240 e. The highest BCUT2D eigenvalue weighted by Gasteiger charge is 2.12. The first kappa shape index (κ1) is 21.6. The van der Waals surface area contributed by atoms with E-state index in [-0.39, 0.29) is 18.5 Å². The van der Waals surface area contributed by atoms with Gasteiger partial charge in [0.15, 0.2) is 5.13 Å². The van der Waals surface area contributed by atoms with Crippen molar-refractivity contribution in [3.8, 4) is 17.0 Å². The SMILES string of the molecule is CCOc1ccc([C@@H](C)NCC(=O)Nc2nc(-c3ccc(Cl)cc3Cl)cs2)cc1. The number of halogens is 2. The number of amides is 1. The molecule has 3 aromatic rings. The van der Waals surface area contributed by atoms with Gasteiger partial charge in [-0.05, 0) is 49.7 Å². The molecule has 0 aliphatic carbocycles. The van der Waals surface area contributed by atoms with Crippen LogP contribution in [0.3, 0.4) is 0 Å². The zero-order valence-corrected chi connectivity index (χ0v) is 18.4. The second-order valence-electron chi connectivity index (χ2n) is 6.31. The summed E-state index contributed by atoms with van der Waals surface area (Å²) in [6, 6.07) is 13.1. The van der Waals surface area contributed by atoms with E-state index < -0.39 is 0 Å². The number of nitrogens with zero attached hydrogens (tertiary/aromatic N) is 1. The van der Waals surface area contributed by atoms with Crippen molar-refractivity contribution in [2.45, 2.75) is 19.9 Å². The highest BCUT2D eigenvalue weighted by molar-refractivity contribution is 7.14. The largest absolute Gasteiger partial charge is 0.494 e. The van der Waals surface area contributed by atoms with Crippen LogP contribution < -0.4 is 15.4 Å². The Labute approximate surface area is 184 Å². The molecule has 1 amide bonds. The van der Waals surface area contributed by atoms with E-state index in [0.717, 1.165) is 16.9 Å². The first-order valence-electron chi connectivity index (χ1n) is 9.13. The van der Waals surface area contributed by atoms with Crippen molar-refractivity contribution in [2.75, 3.05) is 18.5 Å². The monoisotopic (exact) mass is 449 g/mol. The van der Waals surface area contributed by atoms with E-state index in [0.29, 0.717) is 27.5 Å². The van der Waals surface area contributed by atoms with E-state index in [1.54, 1.807) is 12.1 Å². The average Bonchev–Trinajstić information content (AvgIpc) is 3.15. The topological polar surface area (TPSA) is 63.2 Å². The van der Waals surface area contributed by atoms with Crippen LogP contribution >= 0.6 is 34.5 Å². The van der Waals surface area contributed by atoms with Crippen molar-refractivity contribution in [1.82, 2.24) is 10.3 Å². The summed E-state index contributed by atoms with van der Waals surface area (Å²) in [5.74, 6) is 0.674. The minimum absolute atomic E-state index is 0.0242. The van der Waals surface area contributed by atoms with Crippen LogP contribution in [0.1, 0.15) is 25.5 Å². The molecule has 8 heteroatoms. The standard InChI is InChI=1S/C21H21Cl2N3O2S/c1-3-28-16-7-4-14(5-8-16)13(2)24-11-20(27)26-21-25-19(12-29-21)17-9-6-15(22)10-18(17)23/h4-10,12-13,24H,3,11H2,1-2H3,(H,25,26,27)/t13-/m1/s1. The van der Waals surface area contributed by atoms with Crippen molar-refractivity contribution in [2.24, 2.45) is 0 Å². The van der Waals surface area contributed by atoms with Crippen LogP contribution in [0.15, 0.2) is 47.8 Å². The molecular weight excluding hydrogens is 429 g/mol. The number of ether oxygens (including phenoxy) is 1. The molecule has 1 atom stereocenters. The van der Waals surface area contributed by atoms with Crippen LogP contribution in [0.4, 0.5) is 5.13 Å². The van der Waals surface area contributed by atoms with Crippen molar-refractivity contribution in [1.29, 1.82) is 0 Å². The minimum atomic E-state index is -0.161. The van der Waals surface area contributed by atoms with Gasteiger partial charge in [-0.25, -0.2) is 4.98 Å². The summed E-state index contributed by atoms with van der Waals surface area (Å²) in [5, 5.41) is 9.48. The number of thiazole rings is 1. The van der Waals surface area contributed by atoms with Crippen LogP contribution in [-0.4, -0.2) is 24.0 Å². The molecule has 0 aliphatic heterocycles. The Bertz CT molecular complexity index is 976. The summed E-state index contributed by atoms with van der Waals surface area (Å²) in [6.07, 6.45) is 0. The fourth-order valence-electron chi connectivity index (χ4n) is 2.70. The first-order chi connectivity index (χ1) is 14.0. The number of nitrogens with one attached hydrogen (secondary N) is 2. The Balaban J connectivity index is 1.53. The Morgan fingerprint density at radius 3 is 2.66 bits per heavy atom. The van der Waals surface area contributed by atoms with Gasteiger partial charge in [-0.15, -0.1) is 11.3 Å². The summed E-state index contributed by atoms with van der Waals surface area (Å²) < 4.78 is 5.45. The van der Waals surface area contributed by atoms with Gasteiger partial charge < -0.3 is 15.4 Å². The predicted octanol–water partition coefficient (Wildman–Crippen LogP) is 5.80. The van der Waals surface area contributed by atoms with Crippen molar-refractivity contribution in [3.05, 3.63) is 63.5 Å². The third-order valence-corrected chi connectivity index (χ3v) is 5.52. The predicted molar refractivity (Wildman–Crippen MR) is 120 cm³/mol. The van der Waals surface area contributed by atoms with Crippen molar-refractivity contribution in [3.63, 3.8) is 0 Å². The van der Waals surface area contributed by atoms with Gasteiger partial charge >= 0.3 is 0 Å².